The van der Waals surface area contributed by atoms with Crippen molar-refractivity contribution in [2.75, 3.05) is 7.11 Å². The molecule has 0 spiro atoms. The summed E-state index contributed by atoms with van der Waals surface area (Å²) in [5.41, 5.74) is 11.3. The fraction of sp³-hybridized carbons (Fsp3) is 1.00. The molecule has 0 radical (unpaired) electrons. The summed E-state index contributed by atoms with van der Waals surface area (Å²) in [6, 6.07) is 0.412. The molecule has 4 N–H and O–H groups in total. The van der Waals surface area contributed by atoms with Gasteiger partial charge < -0.3 is 16.2 Å². The lowest BCUT2D eigenvalue weighted by Gasteiger charge is -2.11. The number of methoxy groups -OCH3 is 1. The van der Waals surface area contributed by atoms with Crippen molar-refractivity contribution in [3.8, 4) is 0 Å². The second-order valence-electron chi connectivity index (χ2n) is 2.67. The zero-order chi connectivity index (χ0) is 6.85. The molecule has 3 nitrogen and oxygen atoms in total. The molecular formula is C6H14N2O. The lowest BCUT2D eigenvalue weighted by atomic mass is 10.2. The first-order valence-corrected chi connectivity index (χ1v) is 3.28. The Bertz CT molecular complexity index is 97.1. The highest BCUT2D eigenvalue weighted by Gasteiger charge is 2.28. The second kappa shape index (κ2) is 2.64. The van der Waals surface area contributed by atoms with Crippen LogP contribution in [-0.4, -0.2) is 25.3 Å². The molecule has 3 atom stereocenters. The van der Waals surface area contributed by atoms with E-state index in [1.807, 2.05) is 0 Å². The predicted octanol–water partition coefficient (Wildman–Crippen LogP) is -0.550. The molecule has 1 rings (SSSR count). The minimum absolute atomic E-state index is 0.157. The summed E-state index contributed by atoms with van der Waals surface area (Å²) in [5, 5.41) is 0. The fourth-order valence-electron chi connectivity index (χ4n) is 1.34. The molecule has 1 aliphatic rings. The molecule has 0 amide bonds. The van der Waals surface area contributed by atoms with Gasteiger partial charge in [-0.25, -0.2) is 0 Å². The van der Waals surface area contributed by atoms with Crippen LogP contribution in [0.1, 0.15) is 12.8 Å². The van der Waals surface area contributed by atoms with E-state index in [9.17, 15) is 0 Å². The Kier molecular flexibility index (Phi) is 2.05. The van der Waals surface area contributed by atoms with E-state index >= 15 is 0 Å². The molecule has 0 aliphatic heterocycles. The summed E-state index contributed by atoms with van der Waals surface area (Å²) >= 11 is 0. The minimum atomic E-state index is 0.157. The molecule has 1 fully saturated rings. The summed E-state index contributed by atoms with van der Waals surface area (Å²) in [6.45, 7) is 0. The average molecular weight is 130 g/mol. The Labute approximate surface area is 55.4 Å². The monoisotopic (exact) mass is 130 g/mol. The molecule has 9 heavy (non-hydrogen) atoms. The number of ether oxygens (including phenoxy) is 1. The Balaban J connectivity index is 2.38. The van der Waals surface area contributed by atoms with Crippen LogP contribution in [0.3, 0.4) is 0 Å². The van der Waals surface area contributed by atoms with E-state index in [1.54, 1.807) is 7.11 Å². The Morgan fingerprint density at radius 2 is 2.00 bits per heavy atom. The van der Waals surface area contributed by atoms with E-state index in [2.05, 4.69) is 0 Å². The van der Waals surface area contributed by atoms with E-state index in [0.717, 1.165) is 12.8 Å². The molecule has 0 bridgehead atoms. The van der Waals surface area contributed by atoms with Gasteiger partial charge >= 0.3 is 0 Å². The average Bonchev–Trinajstić information content (AvgIpc) is 2.10. The third-order valence-corrected chi connectivity index (χ3v) is 1.89. The molecule has 0 saturated heterocycles. The maximum absolute atomic E-state index is 5.67. The van der Waals surface area contributed by atoms with Gasteiger partial charge in [-0.15, -0.1) is 0 Å². The molecule has 54 valence electrons. The summed E-state index contributed by atoms with van der Waals surface area (Å²) in [5.74, 6) is 0. The topological polar surface area (TPSA) is 61.3 Å². The van der Waals surface area contributed by atoms with Crippen LogP contribution in [0.2, 0.25) is 0 Å². The number of nitrogens with two attached hydrogens (primary N) is 2. The fourth-order valence-corrected chi connectivity index (χ4v) is 1.34. The summed E-state index contributed by atoms with van der Waals surface area (Å²) in [4.78, 5) is 0. The van der Waals surface area contributed by atoms with Crippen LogP contribution in [0.4, 0.5) is 0 Å². The molecule has 0 heterocycles. The van der Waals surface area contributed by atoms with Gasteiger partial charge in [0, 0.05) is 19.2 Å². The van der Waals surface area contributed by atoms with Gasteiger partial charge in [0.2, 0.25) is 0 Å². The predicted molar refractivity (Wildman–Crippen MR) is 36.0 cm³/mol. The van der Waals surface area contributed by atoms with Crippen LogP contribution in [0.15, 0.2) is 0 Å². The largest absolute Gasteiger partial charge is 0.380 e. The molecule has 0 aromatic heterocycles. The third-order valence-electron chi connectivity index (χ3n) is 1.89. The second-order valence-corrected chi connectivity index (χ2v) is 2.67. The molecule has 1 aliphatic carbocycles. The van der Waals surface area contributed by atoms with Crippen LogP contribution in [0, 0.1) is 0 Å². The lowest BCUT2D eigenvalue weighted by Crippen LogP contribution is -2.30. The van der Waals surface area contributed by atoms with Gasteiger partial charge in [0.25, 0.3) is 0 Å². The smallest absolute Gasteiger partial charge is 0.0737 e. The van der Waals surface area contributed by atoms with Crippen LogP contribution in [-0.2, 0) is 4.74 Å². The Hall–Kier alpha value is -0.120. The highest BCUT2D eigenvalue weighted by atomic mass is 16.5. The van der Waals surface area contributed by atoms with Crippen molar-refractivity contribution in [1.29, 1.82) is 0 Å². The number of hydrogen-bond donors (Lipinski definition) is 2. The maximum atomic E-state index is 5.67. The summed E-state index contributed by atoms with van der Waals surface area (Å²) < 4.78 is 5.09. The lowest BCUT2D eigenvalue weighted by molar-refractivity contribution is 0.0952. The molecule has 0 aromatic carbocycles. The molecular weight excluding hydrogens is 116 g/mol. The quantitative estimate of drug-likeness (QED) is 0.500. The third kappa shape index (κ3) is 1.41. The van der Waals surface area contributed by atoms with Crippen molar-refractivity contribution in [3.05, 3.63) is 0 Å². The van der Waals surface area contributed by atoms with Crippen molar-refractivity contribution in [3.63, 3.8) is 0 Å². The van der Waals surface area contributed by atoms with Crippen molar-refractivity contribution < 1.29 is 4.74 Å². The van der Waals surface area contributed by atoms with Gasteiger partial charge in [-0.05, 0) is 12.8 Å². The highest BCUT2D eigenvalue weighted by molar-refractivity contribution is 4.88. The zero-order valence-electron chi connectivity index (χ0n) is 5.71. The number of hydrogen-bond acceptors (Lipinski definition) is 3. The highest BCUT2D eigenvalue weighted by Crippen LogP contribution is 2.18. The van der Waals surface area contributed by atoms with Crippen molar-refractivity contribution in [2.24, 2.45) is 11.5 Å². The van der Waals surface area contributed by atoms with E-state index in [0.29, 0.717) is 0 Å². The van der Waals surface area contributed by atoms with Crippen molar-refractivity contribution in [2.45, 2.75) is 31.0 Å². The first-order valence-electron chi connectivity index (χ1n) is 3.28. The Morgan fingerprint density at radius 1 is 1.33 bits per heavy atom. The molecule has 3 unspecified atom stereocenters. The molecule has 3 heteroatoms. The van der Waals surface area contributed by atoms with Gasteiger partial charge in [0.15, 0.2) is 0 Å². The SMILES string of the molecule is COC1CC(N)CC1N. The van der Waals surface area contributed by atoms with Crippen molar-refractivity contribution in [1.82, 2.24) is 0 Å². The summed E-state index contributed by atoms with van der Waals surface area (Å²) in [6.07, 6.45) is 2.01. The molecule has 1 saturated carbocycles. The van der Waals surface area contributed by atoms with E-state index in [4.69, 9.17) is 16.2 Å². The van der Waals surface area contributed by atoms with Gasteiger partial charge in [-0.1, -0.05) is 0 Å². The van der Waals surface area contributed by atoms with E-state index < -0.39 is 0 Å². The van der Waals surface area contributed by atoms with Gasteiger partial charge in [-0.2, -0.15) is 0 Å². The maximum Gasteiger partial charge on any atom is 0.0737 e. The van der Waals surface area contributed by atoms with Crippen LogP contribution < -0.4 is 11.5 Å². The Morgan fingerprint density at radius 3 is 2.22 bits per heavy atom. The molecule has 0 aromatic rings. The zero-order valence-corrected chi connectivity index (χ0v) is 5.71. The van der Waals surface area contributed by atoms with Gasteiger partial charge in [0.05, 0.1) is 6.10 Å². The standard InChI is InChI=1S/C6H14N2O/c1-9-6-3-4(7)2-5(6)8/h4-6H,2-3,7-8H2,1H3. The van der Waals surface area contributed by atoms with E-state index in [1.165, 1.54) is 0 Å². The normalized spacial score (nSPS) is 43.7. The van der Waals surface area contributed by atoms with Crippen LogP contribution in [0.5, 0.6) is 0 Å². The summed E-state index contributed by atoms with van der Waals surface area (Å²) in [7, 11) is 1.68. The minimum Gasteiger partial charge on any atom is -0.380 e. The first-order chi connectivity index (χ1) is 4.24. The van der Waals surface area contributed by atoms with Gasteiger partial charge in [-0.3, -0.25) is 0 Å². The van der Waals surface area contributed by atoms with Gasteiger partial charge in [0.1, 0.15) is 0 Å². The van der Waals surface area contributed by atoms with E-state index in [-0.39, 0.29) is 18.2 Å². The first kappa shape index (κ1) is 6.99. The van der Waals surface area contributed by atoms with Crippen LogP contribution in [0.25, 0.3) is 0 Å². The van der Waals surface area contributed by atoms with Crippen LogP contribution >= 0.6 is 0 Å². The number of rotatable bonds is 1. The van der Waals surface area contributed by atoms with Crippen molar-refractivity contribution >= 4 is 0 Å².